The number of ether oxygens (including phenoxy) is 2. The van der Waals surface area contributed by atoms with E-state index in [9.17, 15) is 9.90 Å². The Bertz CT molecular complexity index is 915. The van der Waals surface area contributed by atoms with Crippen LogP contribution in [0.1, 0.15) is 38.4 Å². The number of carbonyl (C=O) groups is 1. The lowest BCUT2D eigenvalue weighted by Crippen LogP contribution is -2.39. The molecule has 0 radical (unpaired) electrons. The summed E-state index contributed by atoms with van der Waals surface area (Å²) in [6, 6.07) is 9.21. The fourth-order valence-corrected chi connectivity index (χ4v) is 3.16. The molecule has 0 fully saturated rings. The summed E-state index contributed by atoms with van der Waals surface area (Å²) in [7, 11) is 1.48. The Morgan fingerprint density at radius 1 is 1.25 bits per heavy atom. The number of fused-ring (bicyclic) bond motifs is 1. The van der Waals surface area contributed by atoms with Crippen molar-refractivity contribution in [1.29, 1.82) is 0 Å². The van der Waals surface area contributed by atoms with E-state index in [2.05, 4.69) is 11.6 Å². The number of aromatic nitrogens is 1. The number of nitrogens with zero attached hydrogens (tertiary/aromatic N) is 2. The first-order chi connectivity index (χ1) is 13.2. The molecule has 0 atom stereocenters. The quantitative estimate of drug-likeness (QED) is 0.775. The third-order valence-corrected chi connectivity index (χ3v) is 4.50. The summed E-state index contributed by atoms with van der Waals surface area (Å²) in [6.07, 6.45) is 1.45. The number of amides is 1. The molecule has 1 aromatic carbocycles. The molecule has 1 N–H and O–H groups in total. The van der Waals surface area contributed by atoms with Crippen LogP contribution < -0.4 is 4.90 Å². The standard InChI is InChI=1S/C22H26N2O4/c1-14(27-5)20-19(25)11-10-17(23-20)16-9-8-15-7-6-12-24(18(15)13-16)21(26)28-22(2,3)4/h8-11,13,25H,1,6-7,12H2,2-5H3. The SMILES string of the molecule is C=C(OC)c1nc(-c2ccc3c(c2)N(C(=O)OC(C)(C)C)CCC3)ccc1O. The Labute approximate surface area is 165 Å². The van der Waals surface area contributed by atoms with Crippen LogP contribution in [0.2, 0.25) is 0 Å². The molecular formula is C22H26N2O4. The molecule has 0 saturated carbocycles. The average molecular weight is 382 g/mol. The average Bonchev–Trinajstić information content (AvgIpc) is 2.65. The summed E-state index contributed by atoms with van der Waals surface area (Å²) in [5.74, 6) is 0.289. The van der Waals surface area contributed by atoms with E-state index in [4.69, 9.17) is 9.47 Å². The van der Waals surface area contributed by atoms with Crippen LogP contribution in [0.5, 0.6) is 5.75 Å². The first kappa shape index (κ1) is 19.7. The van der Waals surface area contributed by atoms with Crippen LogP contribution in [0.3, 0.4) is 0 Å². The molecule has 2 aromatic rings. The van der Waals surface area contributed by atoms with Crippen molar-refractivity contribution in [2.24, 2.45) is 0 Å². The number of carbonyl (C=O) groups excluding carboxylic acids is 1. The van der Waals surface area contributed by atoms with Crippen LogP contribution in [0.25, 0.3) is 17.0 Å². The van der Waals surface area contributed by atoms with Gasteiger partial charge in [0.05, 0.1) is 18.5 Å². The number of benzene rings is 1. The minimum absolute atomic E-state index is 0.00365. The fraction of sp³-hybridized carbons (Fsp3) is 0.364. The number of hydrogen-bond acceptors (Lipinski definition) is 5. The minimum Gasteiger partial charge on any atom is -0.506 e. The van der Waals surface area contributed by atoms with Crippen LogP contribution in [-0.4, -0.2) is 35.4 Å². The highest BCUT2D eigenvalue weighted by atomic mass is 16.6. The minimum atomic E-state index is -0.555. The molecule has 0 saturated heterocycles. The molecule has 6 heteroatoms. The van der Waals surface area contributed by atoms with Gasteiger partial charge in [0.25, 0.3) is 0 Å². The third-order valence-electron chi connectivity index (χ3n) is 4.50. The van der Waals surface area contributed by atoms with E-state index in [0.29, 0.717) is 17.9 Å². The van der Waals surface area contributed by atoms with Crippen molar-refractivity contribution >= 4 is 17.5 Å². The van der Waals surface area contributed by atoms with Gasteiger partial charge < -0.3 is 14.6 Å². The highest BCUT2D eigenvalue weighted by molar-refractivity contribution is 5.90. The predicted molar refractivity (Wildman–Crippen MR) is 109 cm³/mol. The number of rotatable bonds is 3. The Balaban J connectivity index is 1.99. The zero-order chi connectivity index (χ0) is 20.5. The number of pyridine rings is 1. The van der Waals surface area contributed by atoms with Gasteiger partial charge in [-0.25, -0.2) is 9.78 Å². The lowest BCUT2D eigenvalue weighted by molar-refractivity contribution is 0.0578. The number of aryl methyl sites for hydroxylation is 1. The molecule has 0 bridgehead atoms. The van der Waals surface area contributed by atoms with Crippen molar-refractivity contribution < 1.29 is 19.4 Å². The summed E-state index contributed by atoms with van der Waals surface area (Å²) in [5.41, 5.74) is 3.16. The number of hydrogen-bond donors (Lipinski definition) is 1. The van der Waals surface area contributed by atoms with Crippen LogP contribution >= 0.6 is 0 Å². The van der Waals surface area contributed by atoms with Crippen molar-refractivity contribution in [3.8, 4) is 17.0 Å². The first-order valence-corrected chi connectivity index (χ1v) is 9.26. The second-order valence-corrected chi connectivity index (χ2v) is 7.77. The molecule has 1 aliphatic heterocycles. The van der Waals surface area contributed by atoms with Gasteiger partial charge in [-0.05, 0) is 57.4 Å². The molecule has 1 amide bonds. The molecule has 1 aromatic heterocycles. The number of aromatic hydroxyl groups is 1. The second-order valence-electron chi connectivity index (χ2n) is 7.77. The Kier molecular flexibility index (Phi) is 5.31. The molecule has 0 aliphatic carbocycles. The molecule has 28 heavy (non-hydrogen) atoms. The van der Waals surface area contributed by atoms with Gasteiger partial charge >= 0.3 is 6.09 Å². The van der Waals surface area contributed by atoms with Crippen LogP contribution in [0, 0.1) is 0 Å². The molecule has 2 heterocycles. The highest BCUT2D eigenvalue weighted by Gasteiger charge is 2.27. The van der Waals surface area contributed by atoms with Crippen LogP contribution in [0.15, 0.2) is 36.9 Å². The maximum Gasteiger partial charge on any atom is 0.414 e. The Hall–Kier alpha value is -3.02. The molecule has 6 nitrogen and oxygen atoms in total. The second kappa shape index (κ2) is 7.54. The molecule has 1 aliphatic rings. The number of anilines is 1. The van der Waals surface area contributed by atoms with E-state index >= 15 is 0 Å². The van der Waals surface area contributed by atoms with Gasteiger partial charge in [-0.3, -0.25) is 4.90 Å². The summed E-state index contributed by atoms with van der Waals surface area (Å²) in [5, 5.41) is 10.0. The third kappa shape index (κ3) is 4.11. The smallest absolute Gasteiger partial charge is 0.414 e. The van der Waals surface area contributed by atoms with E-state index in [-0.39, 0.29) is 17.6 Å². The fourth-order valence-electron chi connectivity index (χ4n) is 3.16. The van der Waals surface area contributed by atoms with Crippen molar-refractivity contribution in [3.63, 3.8) is 0 Å². The molecule has 0 spiro atoms. The van der Waals surface area contributed by atoms with E-state index < -0.39 is 5.60 Å². The van der Waals surface area contributed by atoms with E-state index in [1.807, 2.05) is 39.0 Å². The topological polar surface area (TPSA) is 71.9 Å². The van der Waals surface area contributed by atoms with Gasteiger partial charge in [-0.1, -0.05) is 18.7 Å². The molecular weight excluding hydrogens is 356 g/mol. The summed E-state index contributed by atoms with van der Waals surface area (Å²) < 4.78 is 10.7. The van der Waals surface area contributed by atoms with E-state index in [1.54, 1.807) is 17.0 Å². The zero-order valence-electron chi connectivity index (χ0n) is 16.8. The van der Waals surface area contributed by atoms with Crippen LogP contribution in [-0.2, 0) is 15.9 Å². The van der Waals surface area contributed by atoms with Gasteiger partial charge in [0.15, 0.2) is 0 Å². The van der Waals surface area contributed by atoms with Crippen molar-refractivity contribution in [2.45, 2.75) is 39.2 Å². The Morgan fingerprint density at radius 3 is 2.68 bits per heavy atom. The van der Waals surface area contributed by atoms with Crippen LogP contribution in [0.4, 0.5) is 10.5 Å². The van der Waals surface area contributed by atoms with Gasteiger partial charge in [-0.2, -0.15) is 0 Å². The highest BCUT2D eigenvalue weighted by Crippen LogP contribution is 2.34. The van der Waals surface area contributed by atoms with E-state index in [0.717, 1.165) is 29.7 Å². The predicted octanol–water partition coefficient (Wildman–Crippen LogP) is 4.76. The summed E-state index contributed by atoms with van der Waals surface area (Å²) in [6.45, 7) is 9.95. The lowest BCUT2D eigenvalue weighted by Gasteiger charge is -2.32. The van der Waals surface area contributed by atoms with Crippen molar-refractivity contribution in [2.75, 3.05) is 18.6 Å². The zero-order valence-corrected chi connectivity index (χ0v) is 16.8. The first-order valence-electron chi connectivity index (χ1n) is 9.26. The molecule has 0 unspecified atom stereocenters. The summed E-state index contributed by atoms with van der Waals surface area (Å²) >= 11 is 0. The lowest BCUT2D eigenvalue weighted by atomic mass is 9.98. The largest absolute Gasteiger partial charge is 0.506 e. The normalized spacial score (nSPS) is 13.6. The maximum atomic E-state index is 12.7. The number of methoxy groups -OCH3 is 1. The molecule has 3 rings (SSSR count). The van der Waals surface area contributed by atoms with Gasteiger partial charge in [0, 0.05) is 12.1 Å². The molecule has 148 valence electrons. The van der Waals surface area contributed by atoms with E-state index in [1.165, 1.54) is 7.11 Å². The van der Waals surface area contributed by atoms with Crippen molar-refractivity contribution in [3.05, 3.63) is 48.2 Å². The van der Waals surface area contributed by atoms with Gasteiger partial charge in [0.2, 0.25) is 0 Å². The summed E-state index contributed by atoms with van der Waals surface area (Å²) in [4.78, 5) is 18.8. The maximum absolute atomic E-state index is 12.7. The van der Waals surface area contributed by atoms with Gasteiger partial charge in [0.1, 0.15) is 22.8 Å². The van der Waals surface area contributed by atoms with Gasteiger partial charge in [-0.15, -0.1) is 0 Å². The van der Waals surface area contributed by atoms with Crippen molar-refractivity contribution in [1.82, 2.24) is 4.98 Å². The Morgan fingerprint density at radius 2 is 2.00 bits per heavy atom. The monoisotopic (exact) mass is 382 g/mol.